The van der Waals surface area contributed by atoms with Crippen molar-refractivity contribution in [3.05, 3.63) is 108 Å². The van der Waals surface area contributed by atoms with E-state index in [1.807, 2.05) is 91.0 Å². The second kappa shape index (κ2) is 16.2. The summed E-state index contributed by atoms with van der Waals surface area (Å²) in [6.45, 7) is 1.63. The molecule has 1 fully saturated rings. The van der Waals surface area contributed by atoms with Crippen LogP contribution >= 0.6 is 0 Å². The molecule has 1 aliphatic heterocycles. The molecule has 1 saturated heterocycles. The summed E-state index contributed by atoms with van der Waals surface area (Å²) < 4.78 is 62.2. The van der Waals surface area contributed by atoms with Crippen molar-refractivity contribution in [1.82, 2.24) is 0 Å². The molecule has 0 saturated carbocycles. The van der Waals surface area contributed by atoms with Crippen molar-refractivity contribution in [1.29, 1.82) is 0 Å². The fourth-order valence-corrected chi connectivity index (χ4v) is 4.08. The minimum atomic E-state index is -5.08. The number of ether oxygens (including phenoxy) is 5. The Bertz CT molecular complexity index is 1150. The first-order valence-electron chi connectivity index (χ1n) is 12.9. The first kappa shape index (κ1) is 32.2. The fourth-order valence-electron chi connectivity index (χ4n) is 4.08. The van der Waals surface area contributed by atoms with Crippen LogP contribution in [-0.4, -0.2) is 61.6 Å². The lowest BCUT2D eigenvalue weighted by Gasteiger charge is -2.44. The number of carboxylic acids is 1. The maximum atomic E-state index is 10.6. The highest BCUT2D eigenvalue weighted by Gasteiger charge is 2.46. The second-order valence-electron chi connectivity index (χ2n) is 9.18. The summed E-state index contributed by atoms with van der Waals surface area (Å²) in [6.07, 6.45) is -6.98. The molecule has 0 aromatic heterocycles. The van der Waals surface area contributed by atoms with Crippen molar-refractivity contribution in [2.45, 2.75) is 56.6 Å². The van der Waals surface area contributed by atoms with Crippen LogP contribution in [0, 0.1) is 0 Å². The van der Waals surface area contributed by atoms with E-state index in [1.54, 1.807) is 7.11 Å². The van der Waals surface area contributed by atoms with E-state index in [1.165, 1.54) is 0 Å². The van der Waals surface area contributed by atoms with E-state index < -0.39 is 42.8 Å². The number of carboxylic acid groups (broad SMARTS) is 1. The number of methoxy groups -OCH3 is 1. The molecule has 41 heavy (non-hydrogen) atoms. The molecule has 0 amide bonds. The van der Waals surface area contributed by atoms with Gasteiger partial charge in [0, 0.05) is 7.11 Å². The SMILES string of the molecule is CO[C@@H]1O[C@H](COCc2ccccc2)[C@@H](OCc2ccccc2)[C@H](OCc2ccccc2)[C@H]1N.O=C(O)C(F)(F)F. The molecule has 4 rings (SSSR count). The molecule has 5 atom stereocenters. The third-order valence-electron chi connectivity index (χ3n) is 6.13. The summed E-state index contributed by atoms with van der Waals surface area (Å²) in [7, 11) is 1.59. The van der Waals surface area contributed by atoms with Gasteiger partial charge in [0.2, 0.25) is 0 Å². The Morgan fingerprint density at radius 2 is 1.22 bits per heavy atom. The van der Waals surface area contributed by atoms with Gasteiger partial charge in [-0.05, 0) is 16.7 Å². The largest absolute Gasteiger partial charge is 0.490 e. The van der Waals surface area contributed by atoms with Crippen molar-refractivity contribution in [3.8, 4) is 0 Å². The minimum Gasteiger partial charge on any atom is -0.475 e. The highest BCUT2D eigenvalue weighted by atomic mass is 19.4. The van der Waals surface area contributed by atoms with Gasteiger partial charge in [-0.3, -0.25) is 0 Å². The first-order valence-corrected chi connectivity index (χ1v) is 12.9. The van der Waals surface area contributed by atoms with Crippen molar-refractivity contribution < 1.29 is 46.8 Å². The molecule has 3 aromatic carbocycles. The van der Waals surface area contributed by atoms with Crippen LogP contribution in [0.4, 0.5) is 13.2 Å². The van der Waals surface area contributed by atoms with Crippen LogP contribution in [0.15, 0.2) is 91.0 Å². The van der Waals surface area contributed by atoms with Crippen LogP contribution in [-0.2, 0) is 48.3 Å². The molecule has 0 bridgehead atoms. The summed E-state index contributed by atoms with van der Waals surface area (Å²) in [4.78, 5) is 8.90. The van der Waals surface area contributed by atoms with Gasteiger partial charge in [0.1, 0.15) is 18.3 Å². The normalized spacial score (nSPS) is 22.4. The monoisotopic (exact) mass is 577 g/mol. The lowest BCUT2D eigenvalue weighted by atomic mass is 9.96. The van der Waals surface area contributed by atoms with Crippen LogP contribution in [0.2, 0.25) is 0 Å². The highest BCUT2D eigenvalue weighted by Crippen LogP contribution is 2.28. The second-order valence-corrected chi connectivity index (χ2v) is 9.18. The van der Waals surface area contributed by atoms with Crippen molar-refractivity contribution in [2.24, 2.45) is 5.73 Å². The molecule has 1 aliphatic rings. The van der Waals surface area contributed by atoms with Crippen LogP contribution in [0.1, 0.15) is 16.7 Å². The van der Waals surface area contributed by atoms with E-state index in [9.17, 15) is 13.2 Å². The Morgan fingerprint density at radius 1 is 0.805 bits per heavy atom. The third kappa shape index (κ3) is 10.5. The maximum absolute atomic E-state index is 10.6. The van der Waals surface area contributed by atoms with E-state index in [4.69, 9.17) is 39.3 Å². The average Bonchev–Trinajstić information content (AvgIpc) is 2.97. The summed E-state index contributed by atoms with van der Waals surface area (Å²) in [5.74, 6) is -2.76. The smallest absolute Gasteiger partial charge is 0.475 e. The van der Waals surface area contributed by atoms with E-state index in [0.717, 1.165) is 16.7 Å². The molecule has 222 valence electrons. The van der Waals surface area contributed by atoms with Crippen LogP contribution in [0.25, 0.3) is 0 Å². The molecule has 0 aliphatic carbocycles. The number of nitrogens with two attached hydrogens (primary N) is 1. The third-order valence-corrected chi connectivity index (χ3v) is 6.13. The number of benzene rings is 3. The van der Waals surface area contributed by atoms with Crippen LogP contribution in [0.3, 0.4) is 0 Å². The van der Waals surface area contributed by atoms with E-state index in [2.05, 4.69) is 0 Å². The number of alkyl halides is 3. The molecule has 0 unspecified atom stereocenters. The predicted molar refractivity (Wildman–Crippen MR) is 143 cm³/mol. The van der Waals surface area contributed by atoms with Gasteiger partial charge in [0.25, 0.3) is 0 Å². The zero-order chi connectivity index (χ0) is 29.7. The highest BCUT2D eigenvalue weighted by molar-refractivity contribution is 5.73. The Hall–Kier alpha value is -3.32. The summed E-state index contributed by atoms with van der Waals surface area (Å²) in [5.41, 5.74) is 9.77. The van der Waals surface area contributed by atoms with E-state index >= 15 is 0 Å². The number of aliphatic carboxylic acids is 1. The van der Waals surface area contributed by atoms with Gasteiger partial charge < -0.3 is 34.5 Å². The molecule has 3 N–H and O–H groups in total. The quantitative estimate of drug-likeness (QED) is 0.338. The molecular formula is C30H34F3NO7. The Morgan fingerprint density at radius 3 is 1.63 bits per heavy atom. The fraction of sp³-hybridized carbons (Fsp3) is 0.367. The number of carbonyl (C=O) groups is 1. The van der Waals surface area contributed by atoms with Crippen molar-refractivity contribution >= 4 is 5.97 Å². The lowest BCUT2D eigenvalue weighted by Crippen LogP contribution is -2.63. The first-order chi connectivity index (χ1) is 19.7. The molecule has 0 spiro atoms. The van der Waals surface area contributed by atoms with Crippen molar-refractivity contribution in [2.75, 3.05) is 13.7 Å². The molecule has 1 heterocycles. The Balaban J connectivity index is 0.000000587. The van der Waals surface area contributed by atoms with Gasteiger partial charge in [-0.15, -0.1) is 0 Å². The van der Waals surface area contributed by atoms with Gasteiger partial charge in [0.15, 0.2) is 6.29 Å². The zero-order valence-electron chi connectivity index (χ0n) is 22.5. The van der Waals surface area contributed by atoms with Gasteiger partial charge in [-0.25, -0.2) is 4.79 Å². The maximum Gasteiger partial charge on any atom is 0.490 e. The number of hydrogen-bond acceptors (Lipinski definition) is 7. The minimum absolute atomic E-state index is 0.326. The summed E-state index contributed by atoms with van der Waals surface area (Å²) in [5, 5.41) is 7.12. The summed E-state index contributed by atoms with van der Waals surface area (Å²) >= 11 is 0. The van der Waals surface area contributed by atoms with Gasteiger partial charge in [-0.1, -0.05) is 91.0 Å². The van der Waals surface area contributed by atoms with Crippen LogP contribution < -0.4 is 5.73 Å². The van der Waals surface area contributed by atoms with Gasteiger partial charge >= 0.3 is 12.1 Å². The van der Waals surface area contributed by atoms with E-state index in [-0.39, 0.29) is 0 Å². The lowest BCUT2D eigenvalue weighted by molar-refractivity contribution is -0.280. The van der Waals surface area contributed by atoms with E-state index in [0.29, 0.717) is 26.4 Å². The standard InChI is InChI=1S/C28H33NO5.C2HF3O2/c1-30-28-25(29)27(33-19-23-15-9-4-10-16-23)26(32-18-22-13-7-3-8-14-22)24(34-28)20-31-17-21-11-5-2-6-12-21;3-2(4,5)1(6)7/h2-16,24-28H,17-20,29H2,1H3;(H,6,7)/t24-,25-,26-,27-,28-;/m1./s1. The molecular weight excluding hydrogens is 543 g/mol. The number of halogens is 3. The Labute approximate surface area is 236 Å². The zero-order valence-corrected chi connectivity index (χ0v) is 22.5. The molecule has 11 heteroatoms. The predicted octanol–water partition coefficient (Wildman–Crippen LogP) is 4.71. The molecule has 0 radical (unpaired) electrons. The van der Waals surface area contributed by atoms with Crippen molar-refractivity contribution in [3.63, 3.8) is 0 Å². The average molecular weight is 578 g/mol. The summed E-state index contributed by atoms with van der Waals surface area (Å²) in [6, 6.07) is 29.6. The topological polar surface area (TPSA) is 109 Å². The van der Waals surface area contributed by atoms with Gasteiger partial charge in [-0.2, -0.15) is 13.2 Å². The van der Waals surface area contributed by atoms with Crippen LogP contribution in [0.5, 0.6) is 0 Å². The number of rotatable bonds is 11. The number of hydrogen-bond donors (Lipinski definition) is 2. The molecule has 8 nitrogen and oxygen atoms in total. The molecule has 3 aromatic rings. The Kier molecular flexibility index (Phi) is 12.7. The van der Waals surface area contributed by atoms with Gasteiger partial charge in [0.05, 0.1) is 32.5 Å².